The number of nitrogens with two attached hydrogens (primary N) is 1. The molecule has 3 N–H and O–H groups in total. The molecule has 106 valence electrons. The van der Waals surface area contributed by atoms with E-state index in [1.807, 2.05) is 18.2 Å². The van der Waals surface area contributed by atoms with Crippen LogP contribution in [0.1, 0.15) is 12.8 Å². The van der Waals surface area contributed by atoms with E-state index < -0.39 is 10.0 Å². The Balaban J connectivity index is 1.82. The molecule has 3 rings (SSSR count). The summed E-state index contributed by atoms with van der Waals surface area (Å²) < 4.78 is 27.5. The zero-order valence-electron chi connectivity index (χ0n) is 10.7. The Hall–Kier alpha value is -1.28. The highest BCUT2D eigenvalue weighted by atomic mass is 32.2. The van der Waals surface area contributed by atoms with Crippen LogP contribution >= 0.6 is 11.3 Å². The summed E-state index contributed by atoms with van der Waals surface area (Å²) in [5.74, 6) is 0. The van der Waals surface area contributed by atoms with E-state index in [9.17, 15) is 8.42 Å². The standard InChI is InChI=1S/C13H15N3O2S2/c14-9-4-5-10(9)16-20(17,18)13-7-6-12(19-13)11-3-1-2-8-15-11/h1-3,6-10,16H,4-5,14H2/t9-,10+/m1/s1. The number of thiophene rings is 1. The summed E-state index contributed by atoms with van der Waals surface area (Å²) in [5, 5.41) is 0. The molecule has 0 aliphatic heterocycles. The number of sulfonamides is 1. The van der Waals surface area contributed by atoms with Gasteiger partial charge in [-0.3, -0.25) is 4.98 Å². The van der Waals surface area contributed by atoms with Crippen molar-refractivity contribution < 1.29 is 8.42 Å². The van der Waals surface area contributed by atoms with Gasteiger partial charge in [-0.1, -0.05) is 6.07 Å². The first kappa shape index (κ1) is 13.7. The average Bonchev–Trinajstić information content (AvgIpc) is 2.95. The molecule has 2 atom stereocenters. The first-order valence-corrected chi connectivity index (χ1v) is 8.65. The number of hydrogen-bond acceptors (Lipinski definition) is 5. The highest BCUT2D eigenvalue weighted by molar-refractivity contribution is 7.91. The summed E-state index contributed by atoms with van der Waals surface area (Å²) >= 11 is 1.22. The van der Waals surface area contributed by atoms with Crippen LogP contribution in [-0.4, -0.2) is 25.5 Å². The van der Waals surface area contributed by atoms with E-state index in [1.54, 1.807) is 18.3 Å². The molecule has 1 aliphatic carbocycles. The number of aromatic nitrogens is 1. The van der Waals surface area contributed by atoms with Gasteiger partial charge in [-0.15, -0.1) is 11.3 Å². The van der Waals surface area contributed by atoms with Gasteiger partial charge in [-0.05, 0) is 37.1 Å². The molecule has 0 spiro atoms. The van der Waals surface area contributed by atoms with Crippen molar-refractivity contribution in [3.05, 3.63) is 36.5 Å². The monoisotopic (exact) mass is 309 g/mol. The lowest BCUT2D eigenvalue weighted by Gasteiger charge is -2.33. The molecular weight excluding hydrogens is 294 g/mol. The minimum atomic E-state index is -3.48. The molecule has 2 aromatic rings. The second-order valence-corrected chi connectivity index (χ2v) is 7.83. The minimum absolute atomic E-state index is 0.0694. The van der Waals surface area contributed by atoms with E-state index in [2.05, 4.69) is 9.71 Å². The van der Waals surface area contributed by atoms with Crippen molar-refractivity contribution >= 4 is 21.4 Å². The summed E-state index contributed by atoms with van der Waals surface area (Å²) in [4.78, 5) is 5.06. The second kappa shape index (κ2) is 5.25. The van der Waals surface area contributed by atoms with Gasteiger partial charge in [0.25, 0.3) is 0 Å². The molecule has 0 bridgehead atoms. The molecule has 0 saturated heterocycles. The lowest BCUT2D eigenvalue weighted by atomic mass is 9.88. The summed E-state index contributed by atoms with van der Waals surface area (Å²) in [6.07, 6.45) is 3.37. The summed E-state index contributed by atoms with van der Waals surface area (Å²) in [6, 6.07) is 8.75. The van der Waals surface area contributed by atoms with E-state index in [-0.39, 0.29) is 12.1 Å². The molecule has 0 amide bonds. The van der Waals surface area contributed by atoms with Crippen molar-refractivity contribution in [3.63, 3.8) is 0 Å². The van der Waals surface area contributed by atoms with Crippen molar-refractivity contribution in [2.24, 2.45) is 5.73 Å². The van der Waals surface area contributed by atoms with Crippen molar-refractivity contribution in [2.75, 3.05) is 0 Å². The van der Waals surface area contributed by atoms with Crippen LogP contribution in [0.2, 0.25) is 0 Å². The summed E-state index contributed by atoms with van der Waals surface area (Å²) in [7, 11) is -3.48. The van der Waals surface area contributed by atoms with Crippen molar-refractivity contribution in [1.82, 2.24) is 9.71 Å². The Labute approximate surface area is 121 Å². The van der Waals surface area contributed by atoms with Gasteiger partial charge in [0.2, 0.25) is 10.0 Å². The smallest absolute Gasteiger partial charge is 0.250 e. The van der Waals surface area contributed by atoms with Gasteiger partial charge in [0.1, 0.15) is 4.21 Å². The van der Waals surface area contributed by atoms with Gasteiger partial charge in [-0.2, -0.15) is 0 Å². The number of nitrogens with one attached hydrogen (secondary N) is 1. The van der Waals surface area contributed by atoms with E-state index in [1.165, 1.54) is 11.3 Å². The lowest BCUT2D eigenvalue weighted by Crippen LogP contribution is -2.54. The van der Waals surface area contributed by atoms with Crippen molar-refractivity contribution in [2.45, 2.75) is 29.1 Å². The average molecular weight is 309 g/mol. The maximum atomic E-state index is 12.2. The van der Waals surface area contributed by atoms with Crippen LogP contribution in [0.5, 0.6) is 0 Å². The maximum absolute atomic E-state index is 12.2. The summed E-state index contributed by atoms with van der Waals surface area (Å²) in [6.45, 7) is 0. The third-order valence-electron chi connectivity index (χ3n) is 3.40. The molecule has 5 nitrogen and oxygen atoms in total. The van der Waals surface area contributed by atoms with Crippen LogP contribution in [0.3, 0.4) is 0 Å². The molecule has 7 heteroatoms. The van der Waals surface area contributed by atoms with Crippen LogP contribution in [-0.2, 0) is 10.0 Å². The molecule has 20 heavy (non-hydrogen) atoms. The Kier molecular flexibility index (Phi) is 3.59. The van der Waals surface area contributed by atoms with E-state index in [0.29, 0.717) is 4.21 Å². The Morgan fingerprint density at radius 2 is 2.10 bits per heavy atom. The maximum Gasteiger partial charge on any atom is 0.250 e. The van der Waals surface area contributed by atoms with Gasteiger partial charge in [0.05, 0.1) is 10.6 Å². The Morgan fingerprint density at radius 3 is 2.70 bits per heavy atom. The van der Waals surface area contributed by atoms with Crippen LogP contribution < -0.4 is 10.5 Å². The fraction of sp³-hybridized carbons (Fsp3) is 0.308. The predicted octanol–water partition coefficient (Wildman–Crippen LogP) is 1.58. The molecule has 0 radical (unpaired) electrons. The molecule has 1 saturated carbocycles. The summed E-state index contributed by atoms with van der Waals surface area (Å²) in [5.41, 5.74) is 6.55. The van der Waals surface area contributed by atoms with Crippen molar-refractivity contribution in [1.29, 1.82) is 0 Å². The molecule has 2 aromatic heterocycles. The molecular formula is C13H15N3O2S2. The largest absolute Gasteiger partial charge is 0.326 e. The zero-order valence-corrected chi connectivity index (χ0v) is 12.3. The van der Waals surface area contributed by atoms with Gasteiger partial charge < -0.3 is 5.73 Å². The molecule has 0 aromatic carbocycles. The van der Waals surface area contributed by atoms with Crippen LogP contribution in [0.15, 0.2) is 40.7 Å². The normalized spacial score (nSPS) is 22.4. The number of rotatable bonds is 4. The Morgan fingerprint density at radius 1 is 1.25 bits per heavy atom. The highest BCUT2D eigenvalue weighted by Crippen LogP contribution is 2.30. The molecule has 1 aliphatic rings. The first-order chi connectivity index (χ1) is 9.56. The van der Waals surface area contributed by atoms with Gasteiger partial charge in [0, 0.05) is 18.3 Å². The Bertz CT molecular complexity index is 697. The van der Waals surface area contributed by atoms with Crippen LogP contribution in [0.4, 0.5) is 0 Å². The van der Waals surface area contributed by atoms with Crippen LogP contribution in [0.25, 0.3) is 10.6 Å². The fourth-order valence-corrected chi connectivity index (χ4v) is 4.66. The van der Waals surface area contributed by atoms with Gasteiger partial charge >= 0.3 is 0 Å². The number of hydrogen-bond donors (Lipinski definition) is 2. The lowest BCUT2D eigenvalue weighted by molar-refractivity contribution is 0.321. The van der Waals surface area contributed by atoms with E-state index in [4.69, 9.17) is 5.73 Å². The molecule has 1 fully saturated rings. The van der Waals surface area contributed by atoms with Crippen LogP contribution in [0, 0.1) is 0 Å². The zero-order chi connectivity index (χ0) is 14.2. The number of nitrogens with zero attached hydrogens (tertiary/aromatic N) is 1. The predicted molar refractivity (Wildman–Crippen MR) is 78.9 cm³/mol. The SMILES string of the molecule is N[C@@H]1CC[C@@H]1NS(=O)(=O)c1ccc(-c2ccccn2)s1. The fourth-order valence-electron chi connectivity index (χ4n) is 2.04. The third-order valence-corrected chi connectivity index (χ3v) is 6.49. The quantitative estimate of drug-likeness (QED) is 0.898. The van der Waals surface area contributed by atoms with E-state index in [0.717, 1.165) is 23.4 Å². The second-order valence-electron chi connectivity index (χ2n) is 4.80. The van der Waals surface area contributed by atoms with E-state index >= 15 is 0 Å². The van der Waals surface area contributed by atoms with Gasteiger partial charge in [0.15, 0.2) is 0 Å². The van der Waals surface area contributed by atoms with Crippen molar-refractivity contribution in [3.8, 4) is 10.6 Å². The number of pyridine rings is 1. The highest BCUT2D eigenvalue weighted by Gasteiger charge is 2.32. The molecule has 2 heterocycles. The first-order valence-electron chi connectivity index (χ1n) is 6.35. The third kappa shape index (κ3) is 2.62. The topological polar surface area (TPSA) is 85.1 Å². The minimum Gasteiger partial charge on any atom is -0.326 e. The van der Waals surface area contributed by atoms with Gasteiger partial charge in [-0.25, -0.2) is 13.1 Å². The molecule has 0 unspecified atom stereocenters.